The summed E-state index contributed by atoms with van der Waals surface area (Å²) in [6.45, 7) is 2.31. The molecule has 0 bridgehead atoms. The molecular formula is C12H12N4O. The molecular weight excluding hydrogens is 216 g/mol. The van der Waals surface area contributed by atoms with E-state index in [0.717, 1.165) is 23.1 Å². The molecule has 0 aliphatic heterocycles. The third-order valence-electron chi connectivity index (χ3n) is 2.29. The predicted molar refractivity (Wildman–Crippen MR) is 66.4 cm³/mol. The van der Waals surface area contributed by atoms with Crippen LogP contribution in [0, 0.1) is 6.92 Å². The number of oxazole rings is 1. The summed E-state index contributed by atoms with van der Waals surface area (Å²) in [5, 5.41) is 3.46. The third-order valence-corrected chi connectivity index (χ3v) is 2.29. The van der Waals surface area contributed by atoms with Gasteiger partial charge >= 0.3 is 0 Å². The minimum Gasteiger partial charge on any atom is -0.441 e. The zero-order valence-corrected chi connectivity index (χ0v) is 9.50. The molecule has 0 atom stereocenters. The summed E-state index contributed by atoms with van der Waals surface area (Å²) < 4.78 is 5.39. The van der Waals surface area contributed by atoms with Crippen LogP contribution in [0.2, 0.25) is 0 Å². The summed E-state index contributed by atoms with van der Waals surface area (Å²) in [7, 11) is 0. The molecule has 0 aliphatic rings. The fourth-order valence-corrected chi connectivity index (χ4v) is 1.56. The van der Waals surface area contributed by atoms with E-state index < -0.39 is 0 Å². The first-order valence-corrected chi connectivity index (χ1v) is 5.34. The van der Waals surface area contributed by atoms with E-state index in [4.69, 9.17) is 9.95 Å². The van der Waals surface area contributed by atoms with Gasteiger partial charge in [-0.2, -0.15) is 0 Å². The molecule has 5 heteroatoms. The first-order chi connectivity index (χ1) is 8.29. The van der Waals surface area contributed by atoms with E-state index in [1.54, 1.807) is 0 Å². The highest BCUT2D eigenvalue weighted by molar-refractivity contribution is 5.76. The number of hydrogen-bond acceptors (Lipinski definition) is 3. The molecule has 5 nitrogen and oxygen atoms in total. The Bertz CT molecular complexity index is 594. The van der Waals surface area contributed by atoms with Gasteiger partial charge in [-0.1, -0.05) is 23.3 Å². The number of aryl methyl sites for hydroxylation is 1. The maximum absolute atomic E-state index is 8.12. The van der Waals surface area contributed by atoms with Crippen molar-refractivity contribution in [3.8, 4) is 0 Å². The van der Waals surface area contributed by atoms with Gasteiger partial charge in [0.1, 0.15) is 5.52 Å². The monoisotopic (exact) mass is 228 g/mol. The van der Waals surface area contributed by atoms with Crippen LogP contribution in [0.15, 0.2) is 33.8 Å². The molecule has 86 valence electrons. The van der Waals surface area contributed by atoms with Crippen LogP contribution in [-0.4, -0.2) is 11.5 Å². The van der Waals surface area contributed by atoms with Crippen molar-refractivity contribution in [2.45, 2.75) is 13.3 Å². The molecule has 0 saturated heterocycles. The molecule has 0 amide bonds. The molecule has 0 fully saturated rings. The van der Waals surface area contributed by atoms with Crippen LogP contribution in [0.1, 0.15) is 17.9 Å². The van der Waals surface area contributed by atoms with Gasteiger partial charge in [-0.05, 0) is 29.6 Å². The lowest BCUT2D eigenvalue weighted by Crippen LogP contribution is -1.75. The van der Waals surface area contributed by atoms with Crippen molar-refractivity contribution in [3.63, 3.8) is 0 Å². The van der Waals surface area contributed by atoms with E-state index in [1.807, 2.05) is 37.3 Å². The van der Waals surface area contributed by atoms with Gasteiger partial charge in [-0.3, -0.25) is 0 Å². The Labute approximate surface area is 98.4 Å². The van der Waals surface area contributed by atoms with E-state index >= 15 is 0 Å². The molecule has 0 radical (unpaired) electrons. The number of aromatic nitrogens is 1. The Kier molecular flexibility index (Phi) is 3.43. The largest absolute Gasteiger partial charge is 0.441 e. The van der Waals surface area contributed by atoms with Crippen molar-refractivity contribution in [1.82, 2.24) is 4.98 Å². The summed E-state index contributed by atoms with van der Waals surface area (Å²) in [6, 6.07) is 5.84. The van der Waals surface area contributed by atoms with Gasteiger partial charge in [0.2, 0.25) is 0 Å². The van der Waals surface area contributed by atoms with E-state index in [1.165, 1.54) is 0 Å². The van der Waals surface area contributed by atoms with Crippen molar-refractivity contribution in [3.05, 3.63) is 46.2 Å². The minimum atomic E-state index is 0.484. The molecule has 17 heavy (non-hydrogen) atoms. The van der Waals surface area contributed by atoms with Crippen LogP contribution < -0.4 is 0 Å². The lowest BCUT2D eigenvalue weighted by atomic mass is 10.2. The molecule has 0 aliphatic carbocycles. The van der Waals surface area contributed by atoms with Crippen molar-refractivity contribution in [2.24, 2.45) is 5.11 Å². The molecule has 0 saturated carbocycles. The average Bonchev–Trinajstić information content (AvgIpc) is 2.68. The fourth-order valence-electron chi connectivity index (χ4n) is 1.56. The number of hydrogen-bond donors (Lipinski definition) is 0. The van der Waals surface area contributed by atoms with E-state index in [-0.39, 0.29) is 0 Å². The topological polar surface area (TPSA) is 74.8 Å². The van der Waals surface area contributed by atoms with Crippen LogP contribution in [0.25, 0.3) is 27.6 Å². The molecule has 1 heterocycles. The highest BCUT2D eigenvalue weighted by Gasteiger charge is 2.00. The Morgan fingerprint density at radius 3 is 3.24 bits per heavy atom. The highest BCUT2D eigenvalue weighted by atomic mass is 16.3. The predicted octanol–water partition coefficient (Wildman–Crippen LogP) is 3.85. The smallest absolute Gasteiger partial charge is 0.192 e. The van der Waals surface area contributed by atoms with E-state index in [2.05, 4.69) is 15.0 Å². The molecule has 0 unspecified atom stereocenters. The van der Waals surface area contributed by atoms with Gasteiger partial charge < -0.3 is 4.42 Å². The van der Waals surface area contributed by atoms with Gasteiger partial charge in [0.15, 0.2) is 11.5 Å². The third kappa shape index (κ3) is 2.86. The normalized spacial score (nSPS) is 10.9. The molecule has 0 spiro atoms. The zero-order chi connectivity index (χ0) is 12.1. The van der Waals surface area contributed by atoms with Crippen molar-refractivity contribution >= 4 is 17.2 Å². The molecule has 1 aromatic heterocycles. The molecule has 1 aromatic carbocycles. The Morgan fingerprint density at radius 2 is 2.41 bits per heavy atom. The maximum atomic E-state index is 8.12. The summed E-state index contributed by atoms with van der Waals surface area (Å²) in [4.78, 5) is 6.96. The van der Waals surface area contributed by atoms with Crippen LogP contribution in [-0.2, 0) is 0 Å². The van der Waals surface area contributed by atoms with Gasteiger partial charge in [-0.25, -0.2) is 4.98 Å². The minimum absolute atomic E-state index is 0.484. The molecule has 0 N–H and O–H groups in total. The zero-order valence-electron chi connectivity index (χ0n) is 9.50. The maximum Gasteiger partial charge on any atom is 0.192 e. The number of fused-ring (bicyclic) bond motifs is 1. The van der Waals surface area contributed by atoms with Gasteiger partial charge in [0.25, 0.3) is 0 Å². The average molecular weight is 228 g/mol. The Hall–Kier alpha value is -2.26. The van der Waals surface area contributed by atoms with Crippen molar-refractivity contribution in [1.29, 1.82) is 0 Å². The standard InChI is InChI=1S/C12H12N4O/c1-9-15-11-8-10(5-6-12(11)17-9)4-2-3-7-14-16-13/h2,4-6,8H,3,7H2,1H3. The van der Waals surface area contributed by atoms with Gasteiger partial charge in [0.05, 0.1) is 0 Å². The van der Waals surface area contributed by atoms with Crippen LogP contribution in [0.5, 0.6) is 0 Å². The van der Waals surface area contributed by atoms with Gasteiger partial charge in [0, 0.05) is 18.4 Å². The van der Waals surface area contributed by atoms with E-state index in [0.29, 0.717) is 12.4 Å². The number of nitrogens with zero attached hydrogens (tertiary/aromatic N) is 4. The second-order valence-corrected chi connectivity index (χ2v) is 3.61. The Morgan fingerprint density at radius 1 is 1.53 bits per heavy atom. The summed E-state index contributed by atoms with van der Waals surface area (Å²) in [5.74, 6) is 0.671. The van der Waals surface area contributed by atoms with Crippen LogP contribution in [0.4, 0.5) is 0 Å². The second-order valence-electron chi connectivity index (χ2n) is 3.61. The summed E-state index contributed by atoms with van der Waals surface area (Å²) in [6.07, 6.45) is 4.69. The number of rotatable bonds is 4. The first-order valence-electron chi connectivity index (χ1n) is 5.34. The Balaban J connectivity index is 2.10. The van der Waals surface area contributed by atoms with Gasteiger partial charge in [-0.15, -0.1) is 0 Å². The quantitative estimate of drug-likeness (QED) is 0.345. The highest BCUT2D eigenvalue weighted by Crippen LogP contribution is 2.17. The molecule has 2 aromatic rings. The summed E-state index contributed by atoms with van der Waals surface area (Å²) in [5.41, 5.74) is 10.8. The lowest BCUT2D eigenvalue weighted by molar-refractivity contribution is 0.561. The van der Waals surface area contributed by atoms with Crippen LogP contribution in [0.3, 0.4) is 0 Å². The van der Waals surface area contributed by atoms with E-state index in [9.17, 15) is 0 Å². The van der Waals surface area contributed by atoms with Crippen molar-refractivity contribution in [2.75, 3.05) is 6.54 Å². The first kappa shape index (κ1) is 11.2. The second kappa shape index (κ2) is 5.18. The SMILES string of the molecule is Cc1nc2cc(C=CCCN=[N+]=[N-])ccc2o1. The number of benzene rings is 1. The lowest BCUT2D eigenvalue weighted by Gasteiger charge is -1.92. The summed E-state index contributed by atoms with van der Waals surface area (Å²) >= 11 is 0. The molecule has 2 rings (SSSR count). The van der Waals surface area contributed by atoms with Crippen molar-refractivity contribution < 1.29 is 4.42 Å². The van der Waals surface area contributed by atoms with Crippen LogP contribution >= 0.6 is 0 Å². The number of azide groups is 1. The fraction of sp³-hybridized carbons (Fsp3) is 0.250.